The highest BCUT2D eigenvalue weighted by Crippen LogP contribution is 2.41. The van der Waals surface area contributed by atoms with Gasteiger partial charge in [0.05, 0.1) is 35.9 Å². The van der Waals surface area contributed by atoms with Crippen LogP contribution >= 0.6 is 0 Å². The normalized spacial score (nSPS) is 45.6. The number of cyclic esters (lactones) is 1. The highest BCUT2D eigenvalue weighted by molar-refractivity contribution is 5.73. The van der Waals surface area contributed by atoms with Crippen molar-refractivity contribution in [2.24, 2.45) is 17.8 Å². The summed E-state index contributed by atoms with van der Waals surface area (Å²) >= 11 is 0. The van der Waals surface area contributed by atoms with Crippen LogP contribution in [-0.2, 0) is 38.0 Å². The summed E-state index contributed by atoms with van der Waals surface area (Å²) in [5.74, 6) is -2.72. The van der Waals surface area contributed by atoms with E-state index in [1.807, 2.05) is 65.6 Å². The number of nitrogens with zero attached hydrogens (tertiary/aromatic N) is 2. The van der Waals surface area contributed by atoms with Gasteiger partial charge in [0.25, 0.3) is 0 Å². The van der Waals surface area contributed by atoms with Gasteiger partial charge in [0.2, 0.25) is 0 Å². The summed E-state index contributed by atoms with van der Waals surface area (Å²) in [6.07, 6.45) is -9.11. The van der Waals surface area contributed by atoms with E-state index in [2.05, 4.69) is 5.32 Å². The number of nitrogens with one attached hydrogen (secondary N) is 1. The SMILES string of the molecule is CC[C@H]1OC(=O)[C@H](C)[C@@H](O[C@H]2C[C@@](C)(OC)[C@@H](OC(=O)NC(C)C)[C@H](C)O2)[C@H](C)[C@@H](O[C@@H]2O[C@H](C)C[C@H](N(C)C)[C@H]2O)[C@@](C)(O)C[C@@H](C)CN(C)[C@H](C)[C@@H](O)[C@]1(C)O. The molecule has 0 bridgehead atoms. The zero-order chi connectivity index (χ0) is 44.2. The first-order valence-electron chi connectivity index (χ1n) is 21.2. The van der Waals surface area contributed by atoms with Crippen molar-refractivity contribution in [3.63, 3.8) is 0 Å². The number of ether oxygens (including phenoxy) is 7. The average Bonchev–Trinajstić information content (AvgIpc) is 3.11. The molecule has 0 spiro atoms. The first-order chi connectivity index (χ1) is 26.7. The Kier molecular flexibility index (Phi) is 17.9. The Labute approximate surface area is 347 Å². The molecule has 18 atom stereocenters. The maximum absolute atomic E-state index is 14.4. The molecule has 0 saturated carbocycles. The molecule has 0 aromatic heterocycles. The lowest BCUT2D eigenvalue weighted by atomic mass is 9.77. The molecule has 16 heteroatoms. The van der Waals surface area contributed by atoms with Crippen molar-refractivity contribution >= 4 is 12.1 Å². The molecule has 58 heavy (non-hydrogen) atoms. The molecule has 1 amide bonds. The molecule has 3 saturated heterocycles. The number of hydrogen-bond donors (Lipinski definition) is 5. The fourth-order valence-corrected chi connectivity index (χ4v) is 9.33. The van der Waals surface area contributed by atoms with Crippen molar-refractivity contribution in [3.05, 3.63) is 0 Å². The molecule has 340 valence electrons. The van der Waals surface area contributed by atoms with E-state index in [1.54, 1.807) is 41.5 Å². The van der Waals surface area contributed by atoms with Gasteiger partial charge in [0, 0.05) is 44.1 Å². The van der Waals surface area contributed by atoms with E-state index in [4.69, 9.17) is 33.2 Å². The van der Waals surface area contributed by atoms with Gasteiger partial charge in [0.15, 0.2) is 18.7 Å². The van der Waals surface area contributed by atoms with Gasteiger partial charge < -0.3 is 68.7 Å². The van der Waals surface area contributed by atoms with Gasteiger partial charge >= 0.3 is 12.1 Å². The summed E-state index contributed by atoms with van der Waals surface area (Å²) in [7, 11) is 7.11. The van der Waals surface area contributed by atoms with E-state index in [0.717, 1.165) is 0 Å². The van der Waals surface area contributed by atoms with Gasteiger partial charge in [-0.15, -0.1) is 0 Å². The van der Waals surface area contributed by atoms with Crippen molar-refractivity contribution in [2.45, 2.75) is 205 Å². The van der Waals surface area contributed by atoms with Gasteiger partial charge in [-0.2, -0.15) is 0 Å². The number of aliphatic hydroxyl groups is 4. The van der Waals surface area contributed by atoms with Gasteiger partial charge in [-0.1, -0.05) is 20.8 Å². The van der Waals surface area contributed by atoms with Crippen molar-refractivity contribution in [1.29, 1.82) is 0 Å². The molecular formula is C42H79N3O13. The van der Waals surface area contributed by atoms with Crippen LogP contribution < -0.4 is 5.32 Å². The highest BCUT2D eigenvalue weighted by Gasteiger charge is 2.53. The lowest BCUT2D eigenvalue weighted by Crippen LogP contribution is -2.61. The number of esters is 1. The Hall–Kier alpha value is -1.70. The molecule has 3 heterocycles. The predicted molar refractivity (Wildman–Crippen MR) is 217 cm³/mol. The second kappa shape index (κ2) is 20.4. The van der Waals surface area contributed by atoms with Crippen molar-refractivity contribution in [2.75, 3.05) is 34.8 Å². The average molecular weight is 834 g/mol. The molecule has 0 radical (unpaired) electrons. The van der Waals surface area contributed by atoms with Crippen LogP contribution in [0.1, 0.15) is 109 Å². The molecule has 3 rings (SSSR count). The van der Waals surface area contributed by atoms with E-state index >= 15 is 0 Å². The zero-order valence-corrected chi connectivity index (χ0v) is 38.1. The second-order valence-corrected chi connectivity index (χ2v) is 18.8. The van der Waals surface area contributed by atoms with E-state index in [1.165, 1.54) is 14.0 Å². The molecule has 16 nitrogen and oxygen atoms in total. The van der Waals surface area contributed by atoms with Crippen LogP contribution in [0.15, 0.2) is 0 Å². The van der Waals surface area contributed by atoms with Crippen LogP contribution in [0.25, 0.3) is 0 Å². The first-order valence-corrected chi connectivity index (χ1v) is 21.2. The number of carbonyl (C=O) groups is 2. The number of amides is 1. The standard InChI is InChI=1S/C42H79N3O13/c1-17-30-42(12,51)34(47)27(8)45(15)21-23(4)19-40(10,50)35(57-38-32(46)29(44(13)14)18-24(5)53-38)25(6)33(26(7)37(48)55-30)56-31-20-41(11,52-16)36(28(9)54-31)58-39(49)43-22(2)3/h22-36,38,46-47,50-51H,17-21H2,1-16H3,(H,43,49)/t23-,24-,25+,26-,27-,28+,29+,30-,31+,32-,33+,34-,35-,36+,38+,40+,41-,42-/m1/s1. The van der Waals surface area contributed by atoms with E-state index < -0.39 is 102 Å². The van der Waals surface area contributed by atoms with Crippen molar-refractivity contribution < 1.29 is 63.2 Å². The molecule has 0 aliphatic carbocycles. The summed E-state index contributed by atoms with van der Waals surface area (Å²) in [5, 5.41) is 50.4. The Balaban J connectivity index is 2.17. The monoisotopic (exact) mass is 834 g/mol. The summed E-state index contributed by atoms with van der Waals surface area (Å²) in [6.45, 7) is 21.7. The molecule has 0 aromatic carbocycles. The smallest absolute Gasteiger partial charge is 0.407 e. The number of aliphatic hydroxyl groups excluding tert-OH is 2. The third-order valence-corrected chi connectivity index (χ3v) is 12.8. The summed E-state index contributed by atoms with van der Waals surface area (Å²) in [6, 6.07) is -1.01. The van der Waals surface area contributed by atoms with Gasteiger partial charge in [-0.3, -0.25) is 4.79 Å². The fraction of sp³-hybridized carbons (Fsp3) is 0.952. The van der Waals surface area contributed by atoms with Crippen LogP contribution in [0.5, 0.6) is 0 Å². The van der Waals surface area contributed by atoms with Crippen LogP contribution in [0.3, 0.4) is 0 Å². The van der Waals surface area contributed by atoms with Crippen molar-refractivity contribution in [1.82, 2.24) is 15.1 Å². The third kappa shape index (κ3) is 12.0. The Morgan fingerprint density at radius 3 is 2.17 bits per heavy atom. The largest absolute Gasteiger partial charge is 0.459 e. The maximum Gasteiger partial charge on any atom is 0.407 e. The summed E-state index contributed by atoms with van der Waals surface area (Å²) < 4.78 is 44.1. The minimum absolute atomic E-state index is 0.0899. The molecule has 3 fully saturated rings. The lowest BCUT2D eigenvalue weighted by molar-refractivity contribution is -0.317. The molecule has 3 aliphatic rings. The minimum Gasteiger partial charge on any atom is -0.459 e. The van der Waals surface area contributed by atoms with Crippen molar-refractivity contribution in [3.8, 4) is 0 Å². The van der Waals surface area contributed by atoms with Gasteiger partial charge in [-0.05, 0) is 109 Å². The molecule has 3 aliphatic heterocycles. The minimum atomic E-state index is -1.83. The summed E-state index contributed by atoms with van der Waals surface area (Å²) in [4.78, 5) is 31.0. The second-order valence-electron chi connectivity index (χ2n) is 18.8. The van der Waals surface area contributed by atoms with Crippen LogP contribution in [-0.4, -0.2) is 173 Å². The van der Waals surface area contributed by atoms with Crippen LogP contribution in [0.4, 0.5) is 4.79 Å². The Morgan fingerprint density at radius 2 is 1.62 bits per heavy atom. The molecule has 0 aromatic rings. The lowest BCUT2D eigenvalue weighted by Gasteiger charge is -2.49. The van der Waals surface area contributed by atoms with Crippen LogP contribution in [0.2, 0.25) is 0 Å². The number of alkyl carbamates (subject to hydrolysis) is 1. The van der Waals surface area contributed by atoms with E-state index in [0.29, 0.717) is 13.0 Å². The van der Waals surface area contributed by atoms with Gasteiger partial charge in [-0.25, -0.2) is 4.79 Å². The van der Waals surface area contributed by atoms with E-state index in [-0.39, 0.29) is 43.4 Å². The predicted octanol–water partition coefficient (Wildman–Crippen LogP) is 3.04. The fourth-order valence-electron chi connectivity index (χ4n) is 9.33. The maximum atomic E-state index is 14.4. The molecule has 5 N–H and O–H groups in total. The Morgan fingerprint density at radius 1 is 1.00 bits per heavy atom. The highest BCUT2D eigenvalue weighted by atomic mass is 16.7. The number of rotatable bonds is 9. The number of likely N-dealkylation sites (N-methyl/N-ethyl adjacent to an activating group) is 2. The number of methoxy groups -OCH3 is 1. The topological polar surface area (TPSA) is 198 Å². The van der Waals surface area contributed by atoms with Gasteiger partial charge in [0.1, 0.15) is 29.5 Å². The molecule has 0 unspecified atom stereocenters. The molecular weight excluding hydrogens is 754 g/mol. The quantitative estimate of drug-likeness (QED) is 0.213. The van der Waals surface area contributed by atoms with E-state index in [9.17, 15) is 30.0 Å². The van der Waals surface area contributed by atoms with Crippen LogP contribution in [0, 0.1) is 17.8 Å². The Bertz CT molecular complexity index is 1320. The number of hydrogen-bond acceptors (Lipinski definition) is 15. The first kappa shape index (κ1) is 50.7. The third-order valence-electron chi connectivity index (χ3n) is 12.8. The summed E-state index contributed by atoms with van der Waals surface area (Å²) in [5.41, 5.74) is -4.50. The number of carbonyl (C=O) groups excluding carboxylic acids is 2. The zero-order valence-electron chi connectivity index (χ0n) is 38.1.